The first kappa shape index (κ1) is 67.8. The Bertz CT molecular complexity index is 1520. The third-order valence-electron chi connectivity index (χ3n) is 12.2. The molecule has 0 heterocycles. The van der Waals surface area contributed by atoms with Gasteiger partial charge in [0.1, 0.15) is 13.2 Å². The van der Waals surface area contributed by atoms with Gasteiger partial charge in [0.15, 0.2) is 6.10 Å². The van der Waals surface area contributed by atoms with Crippen molar-refractivity contribution >= 4 is 17.9 Å². The van der Waals surface area contributed by atoms with E-state index in [9.17, 15) is 14.4 Å². The minimum Gasteiger partial charge on any atom is -0.462 e. The molecule has 0 aliphatic carbocycles. The summed E-state index contributed by atoms with van der Waals surface area (Å²) in [5.74, 6) is -0.916. The van der Waals surface area contributed by atoms with Crippen molar-refractivity contribution < 1.29 is 28.6 Å². The monoisotopic (exact) mass is 997 g/mol. The normalized spacial score (nSPS) is 13.0. The lowest BCUT2D eigenvalue weighted by atomic mass is 10.1. The minimum absolute atomic E-state index is 0.0876. The van der Waals surface area contributed by atoms with E-state index >= 15 is 0 Å². The Morgan fingerprint density at radius 2 is 0.542 bits per heavy atom. The van der Waals surface area contributed by atoms with Crippen molar-refractivity contribution in [3.63, 3.8) is 0 Å². The molecule has 1 unspecified atom stereocenters. The minimum atomic E-state index is -0.790. The molecule has 0 aliphatic heterocycles. The van der Waals surface area contributed by atoms with Gasteiger partial charge in [-0.1, -0.05) is 251 Å². The fraction of sp³-hybridized carbons (Fsp3) is 0.652. The van der Waals surface area contributed by atoms with Gasteiger partial charge in [-0.05, 0) is 109 Å². The molecule has 408 valence electrons. The van der Waals surface area contributed by atoms with Crippen molar-refractivity contribution in [3.8, 4) is 0 Å². The first-order valence-corrected chi connectivity index (χ1v) is 29.5. The number of rotatable bonds is 52. The van der Waals surface area contributed by atoms with E-state index in [-0.39, 0.29) is 31.1 Å². The maximum absolute atomic E-state index is 12.8. The smallest absolute Gasteiger partial charge is 0.306 e. The van der Waals surface area contributed by atoms with Gasteiger partial charge in [0, 0.05) is 19.3 Å². The number of ether oxygens (including phenoxy) is 3. The highest BCUT2D eigenvalue weighted by Crippen LogP contribution is 2.15. The summed E-state index contributed by atoms with van der Waals surface area (Å²) in [6.07, 6.45) is 82.0. The van der Waals surface area contributed by atoms with Gasteiger partial charge < -0.3 is 14.2 Å². The van der Waals surface area contributed by atoms with Crippen molar-refractivity contribution in [3.05, 3.63) is 122 Å². The standard InChI is InChI=1S/C66H108O6/c1-4-7-10-13-16-19-21-23-25-27-29-31-32-33-34-36-37-39-41-43-45-47-50-53-56-59-65(68)71-62-63(61-70-64(67)58-55-52-49-18-15-12-9-6-3)72-66(69)60-57-54-51-48-46-44-42-40-38-35-30-28-26-24-22-20-17-14-11-8-5-2/h7-8,10-11,16-17,19-20,23-26,29-31,33-35,37,39,63H,4-6,9,12-15,18,21-22,27-28,32,36,38,40-62H2,1-3H3/b10-7-,11-8-,19-16-,20-17-,25-23-,26-24-,31-29-,34-33-,35-30-,39-37-. The second-order valence-electron chi connectivity index (χ2n) is 19.1. The number of unbranched alkanes of at least 4 members (excludes halogenated alkanes) is 21. The van der Waals surface area contributed by atoms with Gasteiger partial charge in [-0.2, -0.15) is 0 Å². The van der Waals surface area contributed by atoms with Crippen LogP contribution in [0, 0.1) is 0 Å². The molecule has 0 aromatic heterocycles. The first-order valence-electron chi connectivity index (χ1n) is 29.5. The molecule has 0 saturated carbocycles. The number of allylic oxidation sites excluding steroid dienone is 20. The van der Waals surface area contributed by atoms with E-state index in [0.29, 0.717) is 19.3 Å². The maximum atomic E-state index is 12.8. The van der Waals surface area contributed by atoms with Crippen molar-refractivity contribution in [2.45, 2.75) is 264 Å². The van der Waals surface area contributed by atoms with Crippen LogP contribution in [0.1, 0.15) is 258 Å². The average Bonchev–Trinajstić information content (AvgIpc) is 3.38. The van der Waals surface area contributed by atoms with Gasteiger partial charge in [-0.25, -0.2) is 0 Å². The van der Waals surface area contributed by atoms with Crippen molar-refractivity contribution in [1.82, 2.24) is 0 Å². The number of carbonyl (C=O) groups is 3. The van der Waals surface area contributed by atoms with Gasteiger partial charge in [-0.15, -0.1) is 0 Å². The molecule has 1 atom stereocenters. The molecule has 0 radical (unpaired) electrons. The number of carbonyl (C=O) groups excluding carboxylic acids is 3. The SMILES string of the molecule is CC/C=C\C/C=C\C/C=C\C/C=C\C/C=C\C/C=C\CCCCCCCCC(=O)OCC(COC(=O)CCCCCCCCCC)OC(=O)CCCCCCCCCC/C=C\C/C=C\C/C=C\C/C=C\CC. The number of hydrogen-bond donors (Lipinski definition) is 0. The van der Waals surface area contributed by atoms with Gasteiger partial charge in [0.05, 0.1) is 0 Å². The molecule has 0 rings (SSSR count). The van der Waals surface area contributed by atoms with Crippen LogP contribution in [0.25, 0.3) is 0 Å². The van der Waals surface area contributed by atoms with Crippen LogP contribution in [0.2, 0.25) is 0 Å². The zero-order valence-electron chi connectivity index (χ0n) is 46.7. The molecular weight excluding hydrogens is 889 g/mol. The molecule has 0 aliphatic rings. The Morgan fingerprint density at radius 3 is 0.847 bits per heavy atom. The van der Waals surface area contributed by atoms with E-state index in [1.807, 2.05) is 0 Å². The van der Waals surface area contributed by atoms with E-state index in [1.165, 1.54) is 77.0 Å². The first-order chi connectivity index (χ1) is 35.5. The third-order valence-corrected chi connectivity index (χ3v) is 12.2. The number of esters is 3. The number of hydrogen-bond acceptors (Lipinski definition) is 6. The highest BCUT2D eigenvalue weighted by Gasteiger charge is 2.19. The summed E-state index contributed by atoms with van der Waals surface area (Å²) in [6.45, 7) is 6.36. The molecule has 6 heteroatoms. The van der Waals surface area contributed by atoms with Gasteiger partial charge >= 0.3 is 17.9 Å². The lowest BCUT2D eigenvalue weighted by Gasteiger charge is -2.18. The van der Waals surface area contributed by atoms with Gasteiger partial charge in [-0.3, -0.25) is 14.4 Å². The molecule has 0 aromatic rings. The zero-order chi connectivity index (χ0) is 52.2. The summed E-state index contributed by atoms with van der Waals surface area (Å²) in [5, 5.41) is 0. The van der Waals surface area contributed by atoms with Crippen LogP contribution >= 0.6 is 0 Å². The Morgan fingerprint density at radius 1 is 0.292 bits per heavy atom. The second kappa shape index (κ2) is 59.4. The van der Waals surface area contributed by atoms with Crippen LogP contribution in [0.5, 0.6) is 0 Å². The molecule has 0 spiro atoms. The molecule has 0 amide bonds. The molecule has 0 fully saturated rings. The summed E-state index contributed by atoms with van der Waals surface area (Å²) in [4.78, 5) is 38.1. The molecule has 0 bridgehead atoms. The molecule has 0 saturated heterocycles. The topological polar surface area (TPSA) is 78.9 Å². The van der Waals surface area contributed by atoms with E-state index < -0.39 is 6.10 Å². The van der Waals surface area contributed by atoms with Crippen LogP contribution < -0.4 is 0 Å². The van der Waals surface area contributed by atoms with Crippen molar-refractivity contribution in [2.75, 3.05) is 13.2 Å². The summed E-state index contributed by atoms with van der Waals surface area (Å²) in [5.41, 5.74) is 0. The van der Waals surface area contributed by atoms with Crippen LogP contribution in [0.3, 0.4) is 0 Å². The van der Waals surface area contributed by atoms with Crippen LogP contribution in [0.15, 0.2) is 122 Å². The van der Waals surface area contributed by atoms with Gasteiger partial charge in [0.2, 0.25) is 0 Å². The fourth-order valence-corrected chi connectivity index (χ4v) is 7.85. The molecule has 6 nitrogen and oxygen atoms in total. The third kappa shape index (κ3) is 56.7. The van der Waals surface area contributed by atoms with Crippen molar-refractivity contribution in [1.29, 1.82) is 0 Å². The molecule has 72 heavy (non-hydrogen) atoms. The van der Waals surface area contributed by atoms with Gasteiger partial charge in [0.25, 0.3) is 0 Å². The molecular formula is C66H108O6. The predicted molar refractivity (Wildman–Crippen MR) is 311 cm³/mol. The van der Waals surface area contributed by atoms with E-state index in [0.717, 1.165) is 141 Å². The lowest BCUT2D eigenvalue weighted by Crippen LogP contribution is -2.30. The summed E-state index contributed by atoms with van der Waals surface area (Å²) in [7, 11) is 0. The highest BCUT2D eigenvalue weighted by molar-refractivity contribution is 5.71. The molecule has 0 aromatic carbocycles. The summed E-state index contributed by atoms with van der Waals surface area (Å²) >= 11 is 0. The fourth-order valence-electron chi connectivity index (χ4n) is 7.85. The van der Waals surface area contributed by atoms with Crippen LogP contribution in [-0.2, 0) is 28.6 Å². The van der Waals surface area contributed by atoms with E-state index in [4.69, 9.17) is 14.2 Å². The maximum Gasteiger partial charge on any atom is 0.306 e. The summed E-state index contributed by atoms with van der Waals surface area (Å²) < 4.78 is 16.8. The lowest BCUT2D eigenvalue weighted by molar-refractivity contribution is -0.167. The Labute approximate surface area is 443 Å². The average molecular weight is 998 g/mol. The van der Waals surface area contributed by atoms with E-state index in [2.05, 4.69) is 142 Å². The predicted octanol–water partition coefficient (Wildman–Crippen LogP) is 20.0. The largest absolute Gasteiger partial charge is 0.462 e. The quantitative estimate of drug-likeness (QED) is 0.0261. The zero-order valence-corrected chi connectivity index (χ0v) is 46.7. The Kier molecular flexibility index (Phi) is 55.9. The van der Waals surface area contributed by atoms with Crippen LogP contribution in [-0.4, -0.2) is 37.2 Å². The summed E-state index contributed by atoms with van der Waals surface area (Å²) in [6, 6.07) is 0. The second-order valence-corrected chi connectivity index (χ2v) is 19.1. The molecule has 0 N–H and O–H groups in total. The Balaban J connectivity index is 4.29. The van der Waals surface area contributed by atoms with Crippen molar-refractivity contribution in [2.24, 2.45) is 0 Å². The highest BCUT2D eigenvalue weighted by atomic mass is 16.6. The van der Waals surface area contributed by atoms with E-state index in [1.54, 1.807) is 0 Å². The Hall–Kier alpha value is -4.19. The van der Waals surface area contributed by atoms with Crippen LogP contribution in [0.4, 0.5) is 0 Å².